The molecule has 0 amide bonds. The van der Waals surface area contributed by atoms with E-state index in [4.69, 9.17) is 17.3 Å². The summed E-state index contributed by atoms with van der Waals surface area (Å²) in [6.45, 7) is 0. The lowest BCUT2D eigenvalue weighted by molar-refractivity contribution is 0.628. The molecule has 0 saturated carbocycles. The Bertz CT molecular complexity index is 464. The van der Waals surface area contributed by atoms with E-state index in [9.17, 15) is 4.39 Å². The number of nitrogens with zero attached hydrogens (tertiary/aromatic N) is 2. The van der Waals surface area contributed by atoms with E-state index in [-0.39, 0.29) is 0 Å². The summed E-state index contributed by atoms with van der Waals surface area (Å²) in [7, 11) is 0. The first kappa shape index (κ1) is 9.86. The van der Waals surface area contributed by atoms with Crippen molar-refractivity contribution < 1.29 is 4.39 Å². The molecule has 0 aliphatic rings. The monoisotopic (exact) mass is 223 g/mol. The van der Waals surface area contributed by atoms with Gasteiger partial charge in [-0.1, -0.05) is 11.6 Å². The van der Waals surface area contributed by atoms with Gasteiger partial charge in [0.2, 0.25) is 0 Å². The second kappa shape index (κ2) is 3.82. The standard InChI is InChI=1S/C10H7ClFN3/c11-7-1-6(2-8(12)3-7)10-14-4-9(13)5-15-10/h1-5H,13H2. The van der Waals surface area contributed by atoms with E-state index in [0.29, 0.717) is 22.1 Å². The molecule has 0 aliphatic heterocycles. The highest BCUT2D eigenvalue weighted by atomic mass is 35.5. The van der Waals surface area contributed by atoms with Gasteiger partial charge in [0.15, 0.2) is 5.82 Å². The van der Waals surface area contributed by atoms with E-state index in [1.807, 2.05) is 0 Å². The van der Waals surface area contributed by atoms with Crippen molar-refractivity contribution in [2.24, 2.45) is 0 Å². The van der Waals surface area contributed by atoms with Crippen LogP contribution in [0.25, 0.3) is 11.4 Å². The first-order chi connectivity index (χ1) is 7.15. The average molecular weight is 224 g/mol. The summed E-state index contributed by atoms with van der Waals surface area (Å²) in [5.41, 5.74) is 6.43. The maximum Gasteiger partial charge on any atom is 0.159 e. The zero-order chi connectivity index (χ0) is 10.8. The van der Waals surface area contributed by atoms with E-state index in [1.165, 1.54) is 24.5 Å². The molecule has 0 atom stereocenters. The maximum absolute atomic E-state index is 13.0. The zero-order valence-electron chi connectivity index (χ0n) is 7.61. The number of hydrogen-bond donors (Lipinski definition) is 1. The molecule has 2 rings (SSSR count). The number of nitrogen functional groups attached to an aromatic ring is 1. The van der Waals surface area contributed by atoms with Crippen LogP contribution in [-0.4, -0.2) is 9.97 Å². The van der Waals surface area contributed by atoms with E-state index in [0.717, 1.165) is 0 Å². The molecule has 0 aliphatic carbocycles. The van der Waals surface area contributed by atoms with E-state index in [1.54, 1.807) is 6.07 Å². The normalized spacial score (nSPS) is 10.3. The lowest BCUT2D eigenvalue weighted by Gasteiger charge is -2.01. The lowest BCUT2D eigenvalue weighted by atomic mass is 10.2. The highest BCUT2D eigenvalue weighted by molar-refractivity contribution is 6.30. The fourth-order valence-electron chi connectivity index (χ4n) is 1.17. The van der Waals surface area contributed by atoms with Gasteiger partial charge >= 0.3 is 0 Å². The highest BCUT2D eigenvalue weighted by Crippen LogP contribution is 2.21. The summed E-state index contributed by atoms with van der Waals surface area (Å²) in [5.74, 6) is -0.0245. The summed E-state index contributed by atoms with van der Waals surface area (Å²) in [6.07, 6.45) is 2.92. The van der Waals surface area contributed by atoms with Crippen molar-refractivity contribution in [1.82, 2.24) is 9.97 Å². The van der Waals surface area contributed by atoms with Gasteiger partial charge in [0.1, 0.15) is 5.82 Å². The Morgan fingerprint density at radius 3 is 2.40 bits per heavy atom. The molecular formula is C10H7ClFN3. The zero-order valence-corrected chi connectivity index (χ0v) is 8.37. The van der Waals surface area contributed by atoms with Gasteiger partial charge < -0.3 is 5.73 Å². The summed E-state index contributed by atoms with van der Waals surface area (Å²) in [4.78, 5) is 7.94. The molecule has 0 saturated heterocycles. The molecule has 0 spiro atoms. The quantitative estimate of drug-likeness (QED) is 0.808. The second-order valence-corrected chi connectivity index (χ2v) is 3.43. The molecule has 5 heteroatoms. The van der Waals surface area contributed by atoms with Crippen LogP contribution in [0.15, 0.2) is 30.6 Å². The molecule has 1 aromatic carbocycles. The molecule has 0 bridgehead atoms. The highest BCUT2D eigenvalue weighted by Gasteiger charge is 2.04. The third-order valence-corrected chi connectivity index (χ3v) is 2.01. The molecule has 0 radical (unpaired) electrons. The molecule has 0 fully saturated rings. The van der Waals surface area contributed by atoms with Crippen LogP contribution in [0.2, 0.25) is 5.02 Å². The number of aromatic nitrogens is 2. The number of anilines is 1. The van der Waals surface area contributed by atoms with E-state index in [2.05, 4.69) is 9.97 Å². The molecule has 0 unspecified atom stereocenters. The Labute approximate surface area is 90.7 Å². The number of nitrogens with two attached hydrogens (primary N) is 1. The minimum atomic E-state index is -0.419. The van der Waals surface area contributed by atoms with Crippen LogP contribution in [0, 0.1) is 5.82 Å². The largest absolute Gasteiger partial charge is 0.396 e. The van der Waals surface area contributed by atoms with Gasteiger partial charge in [-0.05, 0) is 18.2 Å². The molecule has 3 nitrogen and oxygen atoms in total. The fraction of sp³-hybridized carbons (Fsp3) is 0. The first-order valence-corrected chi connectivity index (χ1v) is 4.57. The van der Waals surface area contributed by atoms with Gasteiger partial charge in [0.25, 0.3) is 0 Å². The Morgan fingerprint density at radius 1 is 1.13 bits per heavy atom. The van der Waals surface area contributed by atoms with Crippen LogP contribution in [-0.2, 0) is 0 Å². The van der Waals surface area contributed by atoms with Gasteiger partial charge in [-0.2, -0.15) is 0 Å². The van der Waals surface area contributed by atoms with Crippen molar-refractivity contribution in [2.45, 2.75) is 0 Å². The molecule has 1 aromatic heterocycles. The third kappa shape index (κ3) is 2.22. The van der Waals surface area contributed by atoms with Gasteiger partial charge in [-0.25, -0.2) is 14.4 Å². The van der Waals surface area contributed by atoms with Crippen molar-refractivity contribution in [3.05, 3.63) is 41.4 Å². The molecule has 2 N–H and O–H groups in total. The SMILES string of the molecule is Nc1cnc(-c2cc(F)cc(Cl)c2)nc1. The van der Waals surface area contributed by atoms with Crippen LogP contribution in [0.1, 0.15) is 0 Å². The minimum absolute atomic E-state index is 0.311. The third-order valence-electron chi connectivity index (χ3n) is 1.79. The van der Waals surface area contributed by atoms with Crippen molar-refractivity contribution >= 4 is 17.3 Å². The van der Waals surface area contributed by atoms with Crippen LogP contribution in [0.3, 0.4) is 0 Å². The minimum Gasteiger partial charge on any atom is -0.396 e. The van der Waals surface area contributed by atoms with Crippen LogP contribution < -0.4 is 5.73 Å². The molecule has 1 heterocycles. The van der Waals surface area contributed by atoms with Crippen molar-refractivity contribution in [3.8, 4) is 11.4 Å². The topological polar surface area (TPSA) is 51.8 Å². The van der Waals surface area contributed by atoms with Crippen molar-refractivity contribution in [2.75, 3.05) is 5.73 Å². The Morgan fingerprint density at radius 2 is 1.80 bits per heavy atom. The molecule has 76 valence electrons. The van der Waals surface area contributed by atoms with E-state index < -0.39 is 5.82 Å². The van der Waals surface area contributed by atoms with Gasteiger partial charge in [-0.3, -0.25) is 0 Å². The lowest BCUT2D eigenvalue weighted by Crippen LogP contribution is -1.92. The fourth-order valence-corrected chi connectivity index (χ4v) is 1.39. The number of hydrogen-bond acceptors (Lipinski definition) is 3. The van der Waals surface area contributed by atoms with Crippen molar-refractivity contribution in [1.29, 1.82) is 0 Å². The van der Waals surface area contributed by atoms with Crippen LogP contribution >= 0.6 is 11.6 Å². The Hall–Kier alpha value is -1.68. The Kier molecular flexibility index (Phi) is 2.51. The van der Waals surface area contributed by atoms with Crippen LogP contribution in [0.4, 0.5) is 10.1 Å². The first-order valence-electron chi connectivity index (χ1n) is 4.19. The molecule has 15 heavy (non-hydrogen) atoms. The predicted octanol–water partition coefficient (Wildman–Crippen LogP) is 2.52. The molecule has 2 aromatic rings. The number of halogens is 2. The Balaban J connectivity index is 2.49. The maximum atomic E-state index is 13.0. The summed E-state index contributed by atoms with van der Waals surface area (Å²) < 4.78 is 13.0. The number of benzene rings is 1. The van der Waals surface area contributed by atoms with Gasteiger partial charge in [0, 0.05) is 10.6 Å². The predicted molar refractivity (Wildman–Crippen MR) is 56.8 cm³/mol. The molecular weight excluding hydrogens is 217 g/mol. The van der Waals surface area contributed by atoms with Gasteiger partial charge in [-0.15, -0.1) is 0 Å². The average Bonchev–Trinajstić information content (AvgIpc) is 2.17. The summed E-state index contributed by atoms with van der Waals surface area (Å²) in [6, 6.07) is 4.13. The van der Waals surface area contributed by atoms with Crippen molar-refractivity contribution in [3.63, 3.8) is 0 Å². The summed E-state index contributed by atoms with van der Waals surface area (Å²) >= 11 is 5.71. The van der Waals surface area contributed by atoms with E-state index >= 15 is 0 Å². The summed E-state index contributed by atoms with van der Waals surface area (Å²) in [5, 5.41) is 0.311. The number of rotatable bonds is 1. The second-order valence-electron chi connectivity index (χ2n) is 3.00. The smallest absolute Gasteiger partial charge is 0.159 e. The van der Waals surface area contributed by atoms with Crippen LogP contribution in [0.5, 0.6) is 0 Å². The van der Waals surface area contributed by atoms with Gasteiger partial charge in [0.05, 0.1) is 18.1 Å².